The summed E-state index contributed by atoms with van der Waals surface area (Å²) in [5.74, 6) is -2.25. The van der Waals surface area contributed by atoms with Gasteiger partial charge in [-0.3, -0.25) is 0 Å². The van der Waals surface area contributed by atoms with Crippen molar-refractivity contribution in [3.63, 3.8) is 0 Å². The van der Waals surface area contributed by atoms with Crippen LogP contribution in [0.5, 0.6) is 5.88 Å². The summed E-state index contributed by atoms with van der Waals surface area (Å²) >= 11 is 0. The number of benzene rings is 1. The van der Waals surface area contributed by atoms with Crippen LogP contribution in [0.3, 0.4) is 0 Å². The number of alkyl halides is 2. The lowest BCUT2D eigenvalue weighted by molar-refractivity contribution is 0.0174. The molecule has 7 heteroatoms. The summed E-state index contributed by atoms with van der Waals surface area (Å²) in [6.07, 6.45) is 4.21. The number of piperidine rings is 1. The molecule has 1 aromatic carbocycles. The van der Waals surface area contributed by atoms with Crippen LogP contribution in [0.2, 0.25) is 0 Å². The number of nitrogens with zero attached hydrogens (tertiary/aromatic N) is 2. The number of amides is 2. The third-order valence-corrected chi connectivity index (χ3v) is 5.03. The van der Waals surface area contributed by atoms with Crippen LogP contribution in [-0.2, 0) is 5.92 Å². The fourth-order valence-corrected chi connectivity index (χ4v) is 3.34. The van der Waals surface area contributed by atoms with Crippen LogP contribution in [0.1, 0.15) is 31.4 Å². The summed E-state index contributed by atoms with van der Waals surface area (Å²) in [5, 5.41) is 2.84. The predicted molar refractivity (Wildman–Crippen MR) is 109 cm³/mol. The van der Waals surface area contributed by atoms with Gasteiger partial charge in [-0.05, 0) is 30.0 Å². The van der Waals surface area contributed by atoms with Gasteiger partial charge in [0, 0.05) is 31.6 Å². The molecule has 0 spiro atoms. The molecule has 1 aromatic heterocycles. The molecule has 1 aliphatic heterocycles. The Labute approximate surface area is 169 Å². The van der Waals surface area contributed by atoms with Crippen molar-refractivity contribution in [3.8, 4) is 5.88 Å². The first-order valence-corrected chi connectivity index (χ1v) is 9.51. The minimum atomic E-state index is -2.86. The molecule has 0 bridgehead atoms. The number of methoxy groups -OCH3 is 1. The van der Waals surface area contributed by atoms with E-state index in [0.717, 1.165) is 18.1 Å². The highest BCUT2D eigenvalue weighted by molar-refractivity contribution is 5.89. The van der Waals surface area contributed by atoms with Gasteiger partial charge in [0.25, 0.3) is 5.92 Å². The van der Waals surface area contributed by atoms with Crippen molar-refractivity contribution in [2.75, 3.05) is 25.5 Å². The van der Waals surface area contributed by atoms with Crippen LogP contribution in [0.15, 0.2) is 48.2 Å². The second kappa shape index (κ2) is 8.59. The van der Waals surface area contributed by atoms with Crippen molar-refractivity contribution >= 4 is 17.8 Å². The molecule has 2 aromatic rings. The Bertz CT molecular complexity index is 892. The SMILES string of the molecule is COc1ccc(NC(=O)N2CC/C(=C\c3cccc(C(C)(F)F)c3)C(C)C2)cn1. The van der Waals surface area contributed by atoms with Crippen LogP contribution in [-0.4, -0.2) is 36.1 Å². The van der Waals surface area contributed by atoms with Gasteiger partial charge < -0.3 is 15.0 Å². The first kappa shape index (κ1) is 20.8. The Kier molecular flexibility index (Phi) is 6.15. The predicted octanol–water partition coefficient (Wildman–Crippen LogP) is 5.16. The number of halogens is 2. The molecule has 3 rings (SSSR count). The summed E-state index contributed by atoms with van der Waals surface area (Å²) in [6, 6.07) is 9.67. The van der Waals surface area contributed by atoms with E-state index in [9.17, 15) is 13.6 Å². The lowest BCUT2D eigenvalue weighted by Gasteiger charge is -2.33. The van der Waals surface area contributed by atoms with E-state index in [0.29, 0.717) is 31.1 Å². The van der Waals surface area contributed by atoms with E-state index in [1.807, 2.05) is 19.1 Å². The number of hydrogen-bond donors (Lipinski definition) is 1. The van der Waals surface area contributed by atoms with Crippen molar-refractivity contribution in [2.24, 2.45) is 5.92 Å². The largest absolute Gasteiger partial charge is 0.481 e. The Hall–Kier alpha value is -2.96. The van der Waals surface area contributed by atoms with E-state index in [-0.39, 0.29) is 17.5 Å². The third kappa shape index (κ3) is 5.31. The number of hydrogen-bond acceptors (Lipinski definition) is 3. The number of ether oxygens (including phenoxy) is 1. The van der Waals surface area contributed by atoms with Crippen LogP contribution < -0.4 is 10.1 Å². The zero-order valence-corrected chi connectivity index (χ0v) is 16.8. The number of aromatic nitrogens is 1. The molecule has 29 heavy (non-hydrogen) atoms. The zero-order chi connectivity index (χ0) is 21.0. The summed E-state index contributed by atoms with van der Waals surface area (Å²) < 4.78 is 32.1. The molecular weight excluding hydrogens is 376 g/mol. The fourth-order valence-electron chi connectivity index (χ4n) is 3.34. The Morgan fingerprint density at radius 1 is 1.34 bits per heavy atom. The highest BCUT2D eigenvalue weighted by Gasteiger charge is 2.26. The third-order valence-electron chi connectivity index (χ3n) is 5.03. The number of nitrogens with one attached hydrogen (secondary N) is 1. The minimum absolute atomic E-state index is 0.00409. The highest BCUT2D eigenvalue weighted by atomic mass is 19.3. The number of carbonyl (C=O) groups is 1. The molecule has 1 atom stereocenters. The summed E-state index contributed by atoms with van der Waals surface area (Å²) in [5.41, 5.74) is 2.51. The second-order valence-corrected chi connectivity index (χ2v) is 7.35. The molecule has 0 saturated carbocycles. The molecule has 0 aliphatic carbocycles. The molecule has 154 valence electrons. The first-order chi connectivity index (χ1) is 13.8. The molecule has 5 nitrogen and oxygen atoms in total. The van der Waals surface area contributed by atoms with Crippen LogP contribution in [0.25, 0.3) is 6.08 Å². The van der Waals surface area contributed by atoms with E-state index >= 15 is 0 Å². The van der Waals surface area contributed by atoms with Crippen molar-refractivity contribution < 1.29 is 18.3 Å². The van der Waals surface area contributed by atoms with Gasteiger partial charge in [0.2, 0.25) is 5.88 Å². The molecule has 2 heterocycles. The zero-order valence-electron chi connectivity index (χ0n) is 16.8. The summed E-state index contributed by atoms with van der Waals surface area (Å²) in [6.45, 7) is 4.07. The Morgan fingerprint density at radius 2 is 2.14 bits per heavy atom. The van der Waals surface area contributed by atoms with Gasteiger partial charge in [-0.15, -0.1) is 0 Å². The fraction of sp³-hybridized carbons (Fsp3) is 0.364. The molecule has 2 amide bonds. The molecule has 1 aliphatic rings. The quantitative estimate of drug-likeness (QED) is 0.770. The maximum atomic E-state index is 13.6. The topological polar surface area (TPSA) is 54.5 Å². The Balaban J connectivity index is 1.64. The van der Waals surface area contributed by atoms with E-state index in [4.69, 9.17) is 4.74 Å². The van der Waals surface area contributed by atoms with Gasteiger partial charge in [0.05, 0.1) is 19.0 Å². The van der Waals surface area contributed by atoms with Gasteiger partial charge in [0.1, 0.15) is 0 Å². The number of pyridine rings is 1. The smallest absolute Gasteiger partial charge is 0.321 e. The van der Waals surface area contributed by atoms with E-state index in [1.165, 1.54) is 19.2 Å². The maximum absolute atomic E-state index is 13.6. The van der Waals surface area contributed by atoms with Crippen molar-refractivity contribution in [3.05, 3.63) is 59.3 Å². The van der Waals surface area contributed by atoms with Crippen molar-refractivity contribution in [2.45, 2.75) is 26.2 Å². The number of urea groups is 1. The summed E-state index contributed by atoms with van der Waals surface area (Å²) in [4.78, 5) is 18.4. The number of rotatable bonds is 4. The van der Waals surface area contributed by atoms with Gasteiger partial charge >= 0.3 is 6.03 Å². The van der Waals surface area contributed by atoms with E-state index in [1.54, 1.807) is 29.3 Å². The second-order valence-electron chi connectivity index (χ2n) is 7.35. The highest BCUT2D eigenvalue weighted by Crippen LogP contribution is 2.30. The monoisotopic (exact) mass is 401 g/mol. The van der Waals surface area contributed by atoms with Crippen LogP contribution in [0.4, 0.5) is 19.3 Å². The summed E-state index contributed by atoms with van der Waals surface area (Å²) in [7, 11) is 1.53. The lowest BCUT2D eigenvalue weighted by atomic mass is 9.91. The molecular formula is C22H25F2N3O2. The minimum Gasteiger partial charge on any atom is -0.481 e. The average molecular weight is 401 g/mol. The average Bonchev–Trinajstić information content (AvgIpc) is 2.69. The van der Waals surface area contributed by atoms with Crippen LogP contribution >= 0.6 is 0 Å². The Morgan fingerprint density at radius 3 is 2.76 bits per heavy atom. The van der Waals surface area contributed by atoms with Gasteiger partial charge in [-0.25, -0.2) is 18.6 Å². The lowest BCUT2D eigenvalue weighted by Crippen LogP contribution is -2.42. The molecule has 1 fully saturated rings. The molecule has 1 saturated heterocycles. The maximum Gasteiger partial charge on any atom is 0.321 e. The van der Waals surface area contributed by atoms with Crippen molar-refractivity contribution in [1.82, 2.24) is 9.88 Å². The van der Waals surface area contributed by atoms with E-state index in [2.05, 4.69) is 10.3 Å². The molecule has 1 N–H and O–H groups in total. The standard InChI is InChI=1S/C22H25F2N3O2/c1-15-14-27(21(28)26-19-7-8-20(29-3)25-13-19)10-9-17(15)11-16-5-4-6-18(12-16)22(2,23)24/h4-8,11-13,15H,9-10,14H2,1-3H3,(H,26,28)/b17-11+. The van der Waals surface area contributed by atoms with Crippen LogP contribution in [0, 0.1) is 5.92 Å². The number of likely N-dealkylation sites (tertiary alicyclic amines) is 1. The normalized spacial score (nSPS) is 18.6. The van der Waals surface area contributed by atoms with Gasteiger partial charge in [-0.2, -0.15) is 0 Å². The molecule has 0 radical (unpaired) electrons. The van der Waals surface area contributed by atoms with Gasteiger partial charge in [0.15, 0.2) is 0 Å². The van der Waals surface area contributed by atoms with E-state index < -0.39 is 5.92 Å². The number of carbonyl (C=O) groups excluding carboxylic acids is 1. The number of anilines is 1. The van der Waals surface area contributed by atoms with Gasteiger partial charge in [-0.1, -0.05) is 36.8 Å². The van der Waals surface area contributed by atoms with Crippen molar-refractivity contribution in [1.29, 1.82) is 0 Å². The first-order valence-electron chi connectivity index (χ1n) is 9.51. The molecule has 1 unspecified atom stereocenters.